The molecule has 1 amide bonds. The summed E-state index contributed by atoms with van der Waals surface area (Å²) in [5, 5.41) is 11.8. The quantitative estimate of drug-likeness (QED) is 0.771. The van der Waals surface area contributed by atoms with E-state index in [1.54, 1.807) is 13.0 Å². The SMILES string of the molecule is Cc1ccc(-c2nnc3n2CCCCC3)cc1NC(=O)c1ccoc1C. The molecule has 0 spiro atoms. The van der Waals surface area contributed by atoms with Crippen molar-refractivity contribution in [3.8, 4) is 11.4 Å². The first-order valence-corrected chi connectivity index (χ1v) is 9.02. The molecule has 1 aliphatic rings. The largest absolute Gasteiger partial charge is 0.469 e. The van der Waals surface area contributed by atoms with E-state index in [1.807, 2.05) is 25.1 Å². The van der Waals surface area contributed by atoms with Crippen molar-refractivity contribution in [1.29, 1.82) is 0 Å². The van der Waals surface area contributed by atoms with Crippen LogP contribution < -0.4 is 5.32 Å². The van der Waals surface area contributed by atoms with Crippen LogP contribution in [0.4, 0.5) is 5.69 Å². The normalized spacial score (nSPS) is 13.9. The number of furan rings is 1. The van der Waals surface area contributed by atoms with Crippen LogP contribution in [0.2, 0.25) is 0 Å². The number of anilines is 1. The van der Waals surface area contributed by atoms with Gasteiger partial charge in [-0.25, -0.2) is 0 Å². The molecule has 2 aromatic heterocycles. The predicted octanol–water partition coefficient (Wildman–Crippen LogP) is 4.13. The molecular formula is C20H22N4O2. The number of hydrogen-bond donors (Lipinski definition) is 1. The number of amides is 1. The van der Waals surface area contributed by atoms with Gasteiger partial charge in [-0.3, -0.25) is 4.79 Å². The highest BCUT2D eigenvalue weighted by Gasteiger charge is 2.18. The zero-order valence-corrected chi connectivity index (χ0v) is 15.1. The Balaban J connectivity index is 1.66. The molecule has 134 valence electrons. The van der Waals surface area contributed by atoms with Crippen LogP contribution in [0.1, 0.15) is 46.8 Å². The Labute approximate surface area is 152 Å². The van der Waals surface area contributed by atoms with E-state index >= 15 is 0 Å². The van der Waals surface area contributed by atoms with Crippen LogP contribution in [0.15, 0.2) is 34.9 Å². The average molecular weight is 350 g/mol. The van der Waals surface area contributed by atoms with Gasteiger partial charge < -0.3 is 14.3 Å². The molecule has 0 radical (unpaired) electrons. The number of nitrogens with zero attached hydrogens (tertiary/aromatic N) is 3. The Morgan fingerprint density at radius 1 is 1.15 bits per heavy atom. The molecule has 3 heterocycles. The van der Waals surface area contributed by atoms with E-state index in [0.29, 0.717) is 11.3 Å². The summed E-state index contributed by atoms with van der Waals surface area (Å²) in [5.41, 5.74) is 3.29. The van der Waals surface area contributed by atoms with E-state index in [0.717, 1.165) is 54.3 Å². The zero-order valence-electron chi connectivity index (χ0n) is 15.1. The fourth-order valence-corrected chi connectivity index (χ4v) is 3.40. The number of aromatic nitrogens is 3. The van der Waals surface area contributed by atoms with Crippen molar-refractivity contribution in [1.82, 2.24) is 14.8 Å². The topological polar surface area (TPSA) is 73.0 Å². The number of benzene rings is 1. The summed E-state index contributed by atoms with van der Waals surface area (Å²) < 4.78 is 7.44. The molecule has 0 bridgehead atoms. The van der Waals surface area contributed by atoms with Crippen molar-refractivity contribution >= 4 is 11.6 Å². The number of hydrogen-bond acceptors (Lipinski definition) is 4. The number of carbonyl (C=O) groups excluding carboxylic acids is 1. The molecule has 6 heteroatoms. The van der Waals surface area contributed by atoms with Crippen LogP contribution in [-0.4, -0.2) is 20.7 Å². The fourth-order valence-electron chi connectivity index (χ4n) is 3.40. The molecule has 1 aromatic carbocycles. The first-order chi connectivity index (χ1) is 12.6. The van der Waals surface area contributed by atoms with Crippen LogP contribution in [0.3, 0.4) is 0 Å². The maximum atomic E-state index is 12.5. The van der Waals surface area contributed by atoms with E-state index in [2.05, 4.69) is 20.1 Å². The van der Waals surface area contributed by atoms with E-state index < -0.39 is 0 Å². The number of fused-ring (bicyclic) bond motifs is 1. The van der Waals surface area contributed by atoms with Gasteiger partial charge in [0.25, 0.3) is 5.91 Å². The second-order valence-corrected chi connectivity index (χ2v) is 6.78. The summed E-state index contributed by atoms with van der Waals surface area (Å²) in [4.78, 5) is 12.5. The van der Waals surface area contributed by atoms with Crippen LogP contribution in [0, 0.1) is 13.8 Å². The van der Waals surface area contributed by atoms with Crippen LogP contribution in [0.5, 0.6) is 0 Å². The molecule has 6 nitrogen and oxygen atoms in total. The van der Waals surface area contributed by atoms with Gasteiger partial charge in [0, 0.05) is 24.2 Å². The summed E-state index contributed by atoms with van der Waals surface area (Å²) in [7, 11) is 0. The van der Waals surface area contributed by atoms with Crippen molar-refractivity contribution in [2.24, 2.45) is 0 Å². The molecule has 4 rings (SSSR count). The number of aryl methyl sites for hydroxylation is 3. The van der Waals surface area contributed by atoms with E-state index in [4.69, 9.17) is 4.42 Å². The minimum absolute atomic E-state index is 0.170. The average Bonchev–Trinajstić information content (AvgIpc) is 3.16. The van der Waals surface area contributed by atoms with Crippen molar-refractivity contribution in [3.63, 3.8) is 0 Å². The van der Waals surface area contributed by atoms with Gasteiger partial charge in [0.2, 0.25) is 0 Å². The molecule has 0 atom stereocenters. The lowest BCUT2D eigenvalue weighted by Gasteiger charge is -2.11. The zero-order chi connectivity index (χ0) is 18.1. The lowest BCUT2D eigenvalue weighted by Crippen LogP contribution is -2.13. The molecule has 1 aliphatic heterocycles. The molecule has 0 aliphatic carbocycles. The van der Waals surface area contributed by atoms with Crippen molar-refractivity contribution in [2.45, 2.75) is 46.1 Å². The first-order valence-electron chi connectivity index (χ1n) is 9.02. The first kappa shape index (κ1) is 16.6. The lowest BCUT2D eigenvalue weighted by molar-refractivity contribution is 0.102. The summed E-state index contributed by atoms with van der Waals surface area (Å²) in [5.74, 6) is 2.37. The third-order valence-corrected chi connectivity index (χ3v) is 4.96. The molecule has 0 unspecified atom stereocenters. The maximum Gasteiger partial charge on any atom is 0.259 e. The molecular weight excluding hydrogens is 328 g/mol. The third-order valence-electron chi connectivity index (χ3n) is 4.96. The van der Waals surface area contributed by atoms with Gasteiger partial charge in [-0.1, -0.05) is 18.6 Å². The molecule has 3 aromatic rings. The van der Waals surface area contributed by atoms with Gasteiger partial charge in [-0.2, -0.15) is 0 Å². The maximum absolute atomic E-state index is 12.5. The van der Waals surface area contributed by atoms with Gasteiger partial charge in [-0.15, -0.1) is 10.2 Å². The Morgan fingerprint density at radius 2 is 2.04 bits per heavy atom. The molecule has 0 saturated heterocycles. The predicted molar refractivity (Wildman–Crippen MR) is 99.1 cm³/mol. The minimum Gasteiger partial charge on any atom is -0.469 e. The molecule has 0 fully saturated rings. The van der Waals surface area contributed by atoms with Crippen molar-refractivity contribution in [3.05, 3.63) is 53.2 Å². The second-order valence-electron chi connectivity index (χ2n) is 6.78. The molecule has 0 saturated carbocycles. The van der Waals surface area contributed by atoms with E-state index in [1.165, 1.54) is 12.7 Å². The van der Waals surface area contributed by atoms with Gasteiger partial charge in [0.1, 0.15) is 11.6 Å². The van der Waals surface area contributed by atoms with E-state index in [-0.39, 0.29) is 5.91 Å². The van der Waals surface area contributed by atoms with Crippen LogP contribution >= 0.6 is 0 Å². The summed E-state index contributed by atoms with van der Waals surface area (Å²) >= 11 is 0. The van der Waals surface area contributed by atoms with Gasteiger partial charge in [0.05, 0.1) is 11.8 Å². The monoisotopic (exact) mass is 350 g/mol. The second kappa shape index (κ2) is 6.78. The smallest absolute Gasteiger partial charge is 0.259 e. The van der Waals surface area contributed by atoms with Crippen LogP contribution in [-0.2, 0) is 13.0 Å². The Kier molecular flexibility index (Phi) is 4.32. The highest BCUT2D eigenvalue weighted by molar-refractivity contribution is 6.05. The Morgan fingerprint density at radius 3 is 2.85 bits per heavy atom. The molecule has 1 N–H and O–H groups in total. The van der Waals surface area contributed by atoms with Crippen LogP contribution in [0.25, 0.3) is 11.4 Å². The Bertz CT molecular complexity index is 955. The summed E-state index contributed by atoms with van der Waals surface area (Å²) in [6.45, 7) is 4.71. The highest BCUT2D eigenvalue weighted by Crippen LogP contribution is 2.27. The van der Waals surface area contributed by atoms with E-state index in [9.17, 15) is 4.79 Å². The number of nitrogens with one attached hydrogen (secondary N) is 1. The van der Waals surface area contributed by atoms with Gasteiger partial charge in [-0.05, 0) is 44.4 Å². The number of carbonyl (C=O) groups is 1. The van der Waals surface area contributed by atoms with Crippen molar-refractivity contribution in [2.75, 3.05) is 5.32 Å². The van der Waals surface area contributed by atoms with Gasteiger partial charge in [0.15, 0.2) is 5.82 Å². The fraction of sp³-hybridized carbons (Fsp3) is 0.350. The minimum atomic E-state index is -0.170. The van der Waals surface area contributed by atoms with Gasteiger partial charge >= 0.3 is 0 Å². The highest BCUT2D eigenvalue weighted by atomic mass is 16.3. The summed E-state index contributed by atoms with van der Waals surface area (Å²) in [6.07, 6.45) is 6.04. The Hall–Kier alpha value is -2.89. The molecule has 26 heavy (non-hydrogen) atoms. The third kappa shape index (κ3) is 3.03. The number of rotatable bonds is 3. The summed E-state index contributed by atoms with van der Waals surface area (Å²) in [6, 6.07) is 7.70. The lowest BCUT2D eigenvalue weighted by atomic mass is 10.1. The standard InChI is InChI=1S/C20H22N4O2/c1-13-7-8-15(19-23-22-18-6-4-3-5-10-24(18)19)12-17(13)21-20(25)16-9-11-26-14(16)2/h7-9,11-12H,3-6,10H2,1-2H3,(H,21,25). The van der Waals surface area contributed by atoms with Crippen molar-refractivity contribution < 1.29 is 9.21 Å².